The molecular formula is C30H29NO8. The molecule has 3 aromatic carbocycles. The van der Waals surface area contributed by atoms with E-state index in [2.05, 4.69) is 0 Å². The van der Waals surface area contributed by atoms with E-state index in [4.69, 9.17) is 14.2 Å². The number of likely N-dealkylation sites (tertiary alicyclic amines) is 1. The summed E-state index contributed by atoms with van der Waals surface area (Å²) >= 11 is 0. The van der Waals surface area contributed by atoms with Gasteiger partial charge in [-0.05, 0) is 48.9 Å². The number of hydrogen-bond donors (Lipinski definition) is 1. The highest BCUT2D eigenvalue weighted by atomic mass is 16.6. The highest BCUT2D eigenvalue weighted by molar-refractivity contribution is 6.00. The summed E-state index contributed by atoms with van der Waals surface area (Å²) in [4.78, 5) is 52.6. The van der Waals surface area contributed by atoms with Crippen molar-refractivity contribution in [1.82, 2.24) is 4.90 Å². The minimum atomic E-state index is -1.28. The number of benzene rings is 3. The quantitative estimate of drug-likeness (QED) is 0.288. The average Bonchev–Trinajstić information content (AvgIpc) is 3.31. The number of aliphatic carboxylic acids is 1. The van der Waals surface area contributed by atoms with Crippen molar-refractivity contribution in [1.29, 1.82) is 0 Å². The van der Waals surface area contributed by atoms with Crippen LogP contribution >= 0.6 is 0 Å². The fraction of sp³-hybridized carbons (Fsp3) is 0.267. The van der Waals surface area contributed by atoms with Gasteiger partial charge in [0.2, 0.25) is 0 Å². The molecule has 1 fully saturated rings. The average molecular weight is 532 g/mol. The smallest absolute Gasteiger partial charge is 0.410 e. The highest BCUT2D eigenvalue weighted by Gasteiger charge is 2.52. The topological polar surface area (TPSA) is 119 Å². The summed E-state index contributed by atoms with van der Waals surface area (Å²) in [7, 11) is 0. The molecule has 9 nitrogen and oxygen atoms in total. The number of esters is 1. The van der Waals surface area contributed by atoms with Crippen LogP contribution in [0.5, 0.6) is 11.5 Å². The van der Waals surface area contributed by atoms with Gasteiger partial charge in [-0.15, -0.1) is 0 Å². The summed E-state index contributed by atoms with van der Waals surface area (Å²) in [5.41, 5.74) is 1.04. The number of carbonyl (C=O) groups excluding carboxylic acids is 3. The van der Waals surface area contributed by atoms with Crippen molar-refractivity contribution < 1.29 is 38.5 Å². The maximum atomic E-state index is 13.6. The maximum absolute atomic E-state index is 13.6. The Kier molecular flexibility index (Phi) is 8.94. The van der Waals surface area contributed by atoms with Gasteiger partial charge in [0.25, 0.3) is 0 Å². The Balaban J connectivity index is 1.56. The highest BCUT2D eigenvalue weighted by Crippen LogP contribution is 2.37. The van der Waals surface area contributed by atoms with Gasteiger partial charge in [0, 0.05) is 23.9 Å². The standard InChI is InChI=1S/C30H29NO8/c1-2-37-29(35)27-24(17-26(32)33)25(18-31(27)30(36)38-19-20-9-5-3-6-10-20)28(34)21-13-15-23(16-14-21)39-22-11-7-4-8-12-22/h3-16,24-25,27H,2,17-19H2,1H3,(H,32,33)/t24-,25-,27-/m0/s1. The second-order valence-electron chi connectivity index (χ2n) is 9.06. The van der Waals surface area contributed by atoms with E-state index in [-0.39, 0.29) is 25.5 Å². The summed E-state index contributed by atoms with van der Waals surface area (Å²) in [6.07, 6.45) is -1.33. The van der Waals surface area contributed by atoms with Crippen molar-refractivity contribution in [2.75, 3.05) is 13.2 Å². The van der Waals surface area contributed by atoms with Gasteiger partial charge < -0.3 is 19.3 Å². The first-order chi connectivity index (χ1) is 18.9. The first kappa shape index (κ1) is 27.4. The van der Waals surface area contributed by atoms with Gasteiger partial charge in [0.15, 0.2) is 5.78 Å². The molecule has 39 heavy (non-hydrogen) atoms. The largest absolute Gasteiger partial charge is 0.481 e. The normalized spacial score (nSPS) is 18.3. The van der Waals surface area contributed by atoms with Crippen molar-refractivity contribution in [3.05, 3.63) is 96.1 Å². The van der Waals surface area contributed by atoms with E-state index in [1.807, 2.05) is 24.3 Å². The zero-order chi connectivity index (χ0) is 27.8. The van der Waals surface area contributed by atoms with Crippen LogP contribution in [-0.4, -0.2) is 53.0 Å². The lowest BCUT2D eigenvalue weighted by Gasteiger charge is -2.25. The third-order valence-electron chi connectivity index (χ3n) is 6.48. The van der Waals surface area contributed by atoms with Crippen molar-refractivity contribution in [3.63, 3.8) is 0 Å². The molecule has 9 heteroatoms. The minimum absolute atomic E-state index is 0.0313. The molecule has 202 valence electrons. The molecule has 0 bridgehead atoms. The van der Waals surface area contributed by atoms with Crippen LogP contribution in [0.3, 0.4) is 0 Å². The summed E-state index contributed by atoms with van der Waals surface area (Å²) in [6.45, 7) is 1.41. The third kappa shape index (κ3) is 6.81. The second-order valence-corrected chi connectivity index (χ2v) is 9.06. The van der Waals surface area contributed by atoms with Gasteiger partial charge in [0.1, 0.15) is 24.1 Å². The van der Waals surface area contributed by atoms with Gasteiger partial charge in [-0.2, -0.15) is 0 Å². The Hall–Kier alpha value is -4.66. The molecule has 1 amide bonds. The Bertz CT molecular complexity index is 1290. The number of ether oxygens (including phenoxy) is 3. The Morgan fingerprint density at radius 1 is 0.846 bits per heavy atom. The van der Waals surface area contributed by atoms with Crippen molar-refractivity contribution in [3.8, 4) is 11.5 Å². The number of para-hydroxylation sites is 1. The predicted octanol–water partition coefficient (Wildman–Crippen LogP) is 4.95. The lowest BCUT2D eigenvalue weighted by Crippen LogP contribution is -2.45. The number of amides is 1. The number of carbonyl (C=O) groups is 4. The van der Waals surface area contributed by atoms with Crippen molar-refractivity contribution >= 4 is 23.8 Å². The van der Waals surface area contributed by atoms with Gasteiger partial charge in [-0.1, -0.05) is 48.5 Å². The second kappa shape index (κ2) is 12.7. The zero-order valence-electron chi connectivity index (χ0n) is 21.4. The summed E-state index contributed by atoms with van der Waals surface area (Å²) in [6, 6.07) is 23.3. The monoisotopic (exact) mass is 531 g/mol. The molecule has 0 radical (unpaired) electrons. The molecule has 0 saturated carbocycles. The zero-order valence-corrected chi connectivity index (χ0v) is 21.4. The molecule has 1 heterocycles. The van der Waals surface area contributed by atoms with Crippen LogP contribution in [0.15, 0.2) is 84.9 Å². The maximum Gasteiger partial charge on any atom is 0.410 e. The minimum Gasteiger partial charge on any atom is -0.481 e. The lowest BCUT2D eigenvalue weighted by molar-refractivity contribution is -0.150. The Morgan fingerprint density at radius 3 is 2.08 bits per heavy atom. The van der Waals surface area contributed by atoms with Gasteiger partial charge >= 0.3 is 18.0 Å². The van der Waals surface area contributed by atoms with Gasteiger partial charge in [0.05, 0.1) is 13.0 Å². The van der Waals surface area contributed by atoms with E-state index in [9.17, 15) is 24.3 Å². The van der Waals surface area contributed by atoms with Crippen molar-refractivity contribution in [2.45, 2.75) is 26.0 Å². The van der Waals surface area contributed by atoms with E-state index < -0.39 is 42.3 Å². The van der Waals surface area contributed by atoms with E-state index >= 15 is 0 Å². The van der Waals surface area contributed by atoms with Crippen LogP contribution in [0, 0.1) is 11.8 Å². The van der Waals surface area contributed by atoms with Crippen LogP contribution in [0.1, 0.15) is 29.3 Å². The molecule has 3 atom stereocenters. The van der Waals surface area contributed by atoms with Gasteiger partial charge in [-0.3, -0.25) is 14.5 Å². The molecule has 0 spiro atoms. The molecule has 0 aromatic heterocycles. The van der Waals surface area contributed by atoms with E-state index in [1.165, 1.54) is 0 Å². The molecule has 1 aliphatic heterocycles. The number of nitrogens with zero attached hydrogens (tertiary/aromatic N) is 1. The summed E-state index contributed by atoms with van der Waals surface area (Å²) in [5.74, 6) is -3.17. The van der Waals surface area contributed by atoms with Crippen LogP contribution in [0.2, 0.25) is 0 Å². The molecule has 1 saturated heterocycles. The van der Waals surface area contributed by atoms with Gasteiger partial charge in [-0.25, -0.2) is 9.59 Å². The Morgan fingerprint density at radius 2 is 1.46 bits per heavy atom. The van der Waals surface area contributed by atoms with Crippen LogP contribution in [0.4, 0.5) is 4.79 Å². The number of Topliss-reactive ketones (excluding diaryl/α,β-unsaturated/α-hetero) is 1. The summed E-state index contributed by atoms with van der Waals surface area (Å²) < 4.78 is 16.4. The van der Waals surface area contributed by atoms with Crippen molar-refractivity contribution in [2.24, 2.45) is 11.8 Å². The van der Waals surface area contributed by atoms with Crippen LogP contribution in [0.25, 0.3) is 0 Å². The molecule has 0 unspecified atom stereocenters. The van der Waals surface area contributed by atoms with E-state index in [1.54, 1.807) is 67.6 Å². The number of carboxylic acid groups (broad SMARTS) is 1. The first-order valence-electron chi connectivity index (χ1n) is 12.6. The summed E-state index contributed by atoms with van der Waals surface area (Å²) in [5, 5.41) is 9.61. The molecule has 1 aliphatic rings. The van der Waals surface area contributed by atoms with E-state index in [0.717, 1.165) is 10.5 Å². The SMILES string of the molecule is CCOC(=O)[C@@H]1[C@@H](CC(=O)O)[C@@H](C(=O)c2ccc(Oc3ccccc3)cc2)CN1C(=O)OCc1ccccc1. The Labute approximate surface area is 225 Å². The first-order valence-corrected chi connectivity index (χ1v) is 12.6. The molecule has 4 rings (SSSR count). The number of ketones is 1. The fourth-order valence-electron chi connectivity index (χ4n) is 4.69. The van der Waals surface area contributed by atoms with Crippen LogP contribution in [-0.2, 0) is 25.7 Å². The molecule has 0 aliphatic carbocycles. The molecular weight excluding hydrogens is 502 g/mol. The van der Waals surface area contributed by atoms with E-state index in [0.29, 0.717) is 17.1 Å². The number of carboxylic acids is 1. The predicted molar refractivity (Wildman–Crippen MR) is 140 cm³/mol. The fourth-order valence-corrected chi connectivity index (χ4v) is 4.69. The van der Waals surface area contributed by atoms with Crippen LogP contribution < -0.4 is 4.74 Å². The number of hydrogen-bond acceptors (Lipinski definition) is 7. The lowest BCUT2D eigenvalue weighted by atomic mass is 9.82. The molecule has 3 aromatic rings. The number of rotatable bonds is 10. The third-order valence-corrected chi connectivity index (χ3v) is 6.48. The molecule has 1 N–H and O–H groups in total.